The minimum absolute atomic E-state index is 0.402. The Morgan fingerprint density at radius 2 is 1.72 bits per heavy atom. The second-order valence-electron chi connectivity index (χ2n) is 5.44. The molecule has 0 aliphatic heterocycles. The first-order valence-corrected chi connectivity index (χ1v) is 7.75. The quantitative estimate of drug-likeness (QED) is 0.585. The summed E-state index contributed by atoms with van der Waals surface area (Å²) in [5.74, 6) is -1.17. The van der Waals surface area contributed by atoms with Gasteiger partial charge in [0.15, 0.2) is 0 Å². The first-order chi connectivity index (χ1) is 12.2. The van der Waals surface area contributed by atoms with Crippen LogP contribution in [0.15, 0.2) is 66.7 Å². The van der Waals surface area contributed by atoms with E-state index in [4.69, 9.17) is 4.74 Å². The number of esters is 1. The Hall–Kier alpha value is -3.34. The van der Waals surface area contributed by atoms with E-state index in [0.29, 0.717) is 18.0 Å². The highest BCUT2D eigenvalue weighted by atomic mass is 16.5. The van der Waals surface area contributed by atoms with Gasteiger partial charge in [0.2, 0.25) is 0 Å². The lowest BCUT2D eigenvalue weighted by molar-refractivity contribution is -0.150. The lowest BCUT2D eigenvalue weighted by atomic mass is 10.1. The van der Waals surface area contributed by atoms with Crippen LogP contribution in [0.3, 0.4) is 0 Å². The molecule has 3 aromatic rings. The summed E-state index contributed by atoms with van der Waals surface area (Å²) in [5.41, 5.74) is 1.51. The zero-order valence-corrected chi connectivity index (χ0v) is 13.7. The molecule has 1 amide bonds. The summed E-state index contributed by atoms with van der Waals surface area (Å²) in [6.07, 6.45) is 0. The van der Waals surface area contributed by atoms with Crippen molar-refractivity contribution < 1.29 is 19.1 Å². The maximum Gasteiger partial charge on any atom is 0.396 e. The molecule has 1 N–H and O–H groups in total. The molecule has 0 bridgehead atoms. The van der Waals surface area contributed by atoms with Crippen molar-refractivity contribution in [3.63, 3.8) is 0 Å². The Kier molecular flexibility index (Phi) is 4.95. The van der Waals surface area contributed by atoms with Gasteiger partial charge in [-0.25, -0.2) is 4.79 Å². The molecule has 5 heteroatoms. The smallest absolute Gasteiger partial charge is 0.396 e. The highest BCUT2D eigenvalue weighted by Gasteiger charge is 2.13. The number of hydrogen-bond acceptors (Lipinski definition) is 4. The van der Waals surface area contributed by atoms with Crippen molar-refractivity contribution in [3.8, 4) is 5.75 Å². The maximum atomic E-state index is 11.5. The number of amides is 1. The molecule has 0 aromatic heterocycles. The van der Waals surface area contributed by atoms with Crippen LogP contribution in [0, 0.1) is 0 Å². The summed E-state index contributed by atoms with van der Waals surface area (Å²) in [5, 5.41) is 4.80. The molecule has 0 atom stereocenters. The Balaban J connectivity index is 1.67. The van der Waals surface area contributed by atoms with Gasteiger partial charge in [0.1, 0.15) is 12.4 Å². The van der Waals surface area contributed by atoms with Crippen LogP contribution in [0.1, 0.15) is 5.56 Å². The molecule has 0 spiro atoms. The summed E-state index contributed by atoms with van der Waals surface area (Å²) >= 11 is 0. The van der Waals surface area contributed by atoms with Gasteiger partial charge in [-0.15, -0.1) is 0 Å². The van der Waals surface area contributed by atoms with Crippen LogP contribution in [-0.2, 0) is 20.9 Å². The topological polar surface area (TPSA) is 64.6 Å². The van der Waals surface area contributed by atoms with Crippen molar-refractivity contribution >= 4 is 28.3 Å². The molecule has 0 aliphatic rings. The van der Waals surface area contributed by atoms with Crippen LogP contribution in [0.2, 0.25) is 0 Å². The summed E-state index contributed by atoms with van der Waals surface area (Å²) < 4.78 is 10.2. The molecule has 3 aromatic carbocycles. The average molecular weight is 335 g/mol. The number of fused-ring (bicyclic) bond motifs is 1. The number of hydrogen-bond donors (Lipinski definition) is 1. The van der Waals surface area contributed by atoms with Crippen molar-refractivity contribution in [1.82, 2.24) is 0 Å². The van der Waals surface area contributed by atoms with Gasteiger partial charge in [-0.3, -0.25) is 4.79 Å². The number of methoxy groups -OCH3 is 1. The van der Waals surface area contributed by atoms with E-state index in [1.807, 2.05) is 18.2 Å². The van der Waals surface area contributed by atoms with Crippen LogP contribution >= 0.6 is 0 Å². The molecule has 126 valence electrons. The van der Waals surface area contributed by atoms with Gasteiger partial charge in [0.25, 0.3) is 0 Å². The number of ether oxygens (including phenoxy) is 2. The van der Waals surface area contributed by atoms with E-state index in [0.717, 1.165) is 18.1 Å². The van der Waals surface area contributed by atoms with Crippen molar-refractivity contribution in [2.75, 3.05) is 12.4 Å². The minimum Gasteiger partial charge on any atom is -0.489 e. The number of carbonyl (C=O) groups is 2. The van der Waals surface area contributed by atoms with Gasteiger partial charge in [0, 0.05) is 11.8 Å². The minimum atomic E-state index is -0.942. The van der Waals surface area contributed by atoms with Crippen molar-refractivity contribution in [2.24, 2.45) is 0 Å². The lowest BCUT2D eigenvalue weighted by Crippen LogP contribution is -2.23. The number of nitrogens with one attached hydrogen (secondary N) is 1. The molecular weight excluding hydrogens is 318 g/mol. The van der Waals surface area contributed by atoms with Gasteiger partial charge >= 0.3 is 11.9 Å². The summed E-state index contributed by atoms with van der Waals surface area (Å²) in [6.45, 7) is 0.402. The van der Waals surface area contributed by atoms with Gasteiger partial charge in [-0.05, 0) is 34.5 Å². The Labute approximate surface area is 145 Å². The summed E-state index contributed by atoms with van der Waals surface area (Å²) in [6, 6.07) is 21.1. The molecule has 0 fully saturated rings. The molecule has 0 unspecified atom stereocenters. The third-order valence-electron chi connectivity index (χ3n) is 3.68. The molecule has 3 rings (SSSR count). The van der Waals surface area contributed by atoms with E-state index >= 15 is 0 Å². The third kappa shape index (κ3) is 4.14. The van der Waals surface area contributed by atoms with Crippen LogP contribution in [0.5, 0.6) is 5.75 Å². The molecule has 5 nitrogen and oxygen atoms in total. The van der Waals surface area contributed by atoms with E-state index in [9.17, 15) is 9.59 Å². The number of benzene rings is 3. The fraction of sp³-hybridized carbons (Fsp3) is 0.100. The second kappa shape index (κ2) is 7.49. The monoisotopic (exact) mass is 335 g/mol. The van der Waals surface area contributed by atoms with Crippen molar-refractivity contribution in [1.29, 1.82) is 0 Å². The van der Waals surface area contributed by atoms with E-state index in [1.165, 1.54) is 5.39 Å². The Morgan fingerprint density at radius 3 is 2.52 bits per heavy atom. The van der Waals surface area contributed by atoms with Crippen LogP contribution in [-0.4, -0.2) is 19.0 Å². The van der Waals surface area contributed by atoms with Gasteiger partial charge < -0.3 is 14.8 Å². The molecule has 0 radical (unpaired) electrons. The molecule has 0 aliphatic carbocycles. The summed E-state index contributed by atoms with van der Waals surface area (Å²) in [7, 11) is 1.16. The van der Waals surface area contributed by atoms with Crippen LogP contribution < -0.4 is 10.1 Å². The standard InChI is InChI=1S/C20H17NO4/c1-24-20(23)19(22)21-17-7-4-8-18(12-17)25-13-14-9-10-15-5-2-3-6-16(15)11-14/h2-12H,13H2,1H3,(H,21,22). The normalized spacial score (nSPS) is 10.3. The fourth-order valence-electron chi connectivity index (χ4n) is 2.43. The SMILES string of the molecule is COC(=O)C(=O)Nc1cccc(OCc2ccc3ccccc3c2)c1. The largest absolute Gasteiger partial charge is 0.489 e. The lowest BCUT2D eigenvalue weighted by Gasteiger charge is -2.09. The zero-order valence-electron chi connectivity index (χ0n) is 13.7. The van der Waals surface area contributed by atoms with E-state index in [1.54, 1.807) is 24.3 Å². The maximum absolute atomic E-state index is 11.5. The number of carbonyl (C=O) groups excluding carboxylic acids is 2. The third-order valence-corrected chi connectivity index (χ3v) is 3.68. The highest BCUT2D eigenvalue weighted by Crippen LogP contribution is 2.20. The molecule has 25 heavy (non-hydrogen) atoms. The number of anilines is 1. The van der Waals surface area contributed by atoms with Crippen molar-refractivity contribution in [2.45, 2.75) is 6.61 Å². The molecule has 0 saturated carbocycles. The van der Waals surface area contributed by atoms with E-state index in [2.05, 4.69) is 34.3 Å². The van der Waals surface area contributed by atoms with Crippen LogP contribution in [0.25, 0.3) is 10.8 Å². The Morgan fingerprint density at radius 1 is 0.920 bits per heavy atom. The highest BCUT2D eigenvalue weighted by molar-refractivity contribution is 6.37. The fourth-order valence-corrected chi connectivity index (χ4v) is 2.43. The van der Waals surface area contributed by atoms with Gasteiger partial charge in [-0.1, -0.05) is 42.5 Å². The first kappa shape index (κ1) is 16.5. The number of rotatable bonds is 4. The Bertz CT molecular complexity index is 920. The van der Waals surface area contributed by atoms with Crippen molar-refractivity contribution in [3.05, 3.63) is 72.3 Å². The van der Waals surface area contributed by atoms with Gasteiger partial charge in [0.05, 0.1) is 7.11 Å². The predicted molar refractivity (Wildman–Crippen MR) is 95.4 cm³/mol. The zero-order chi connectivity index (χ0) is 17.6. The average Bonchev–Trinajstić information content (AvgIpc) is 2.65. The first-order valence-electron chi connectivity index (χ1n) is 7.75. The van der Waals surface area contributed by atoms with E-state index in [-0.39, 0.29) is 0 Å². The van der Waals surface area contributed by atoms with E-state index < -0.39 is 11.9 Å². The van der Waals surface area contributed by atoms with Crippen LogP contribution in [0.4, 0.5) is 5.69 Å². The molecule has 0 saturated heterocycles. The van der Waals surface area contributed by atoms with Gasteiger partial charge in [-0.2, -0.15) is 0 Å². The predicted octanol–water partition coefficient (Wildman–Crippen LogP) is 3.53. The second-order valence-corrected chi connectivity index (χ2v) is 5.44. The molecular formula is C20H17NO4. The molecule has 0 heterocycles. The summed E-state index contributed by atoms with van der Waals surface area (Å²) in [4.78, 5) is 22.7.